The van der Waals surface area contributed by atoms with Gasteiger partial charge in [0.2, 0.25) is 0 Å². The molecule has 0 bridgehead atoms. The summed E-state index contributed by atoms with van der Waals surface area (Å²) in [7, 11) is 0. The van der Waals surface area contributed by atoms with Gasteiger partial charge in [-0.3, -0.25) is 9.69 Å². The Morgan fingerprint density at radius 3 is 3.00 bits per heavy atom. The van der Waals surface area contributed by atoms with Gasteiger partial charge in [0.05, 0.1) is 12.2 Å². The van der Waals surface area contributed by atoms with E-state index < -0.39 is 6.10 Å². The molecule has 114 valence electrons. The van der Waals surface area contributed by atoms with Crippen molar-refractivity contribution in [3.63, 3.8) is 0 Å². The van der Waals surface area contributed by atoms with Crippen molar-refractivity contribution in [3.05, 3.63) is 24.3 Å². The predicted molar refractivity (Wildman–Crippen MR) is 82.6 cm³/mol. The summed E-state index contributed by atoms with van der Waals surface area (Å²) in [5.74, 6) is 0.708. The van der Waals surface area contributed by atoms with Crippen LogP contribution in [0.5, 0.6) is 5.75 Å². The summed E-state index contributed by atoms with van der Waals surface area (Å²) in [5.41, 5.74) is 0.951. The Labute approximate surface area is 125 Å². The lowest BCUT2D eigenvalue weighted by Gasteiger charge is -2.28. The number of fused-ring (bicyclic) bond motifs is 1. The molecule has 2 N–H and O–H groups in total. The van der Waals surface area contributed by atoms with Gasteiger partial charge < -0.3 is 15.4 Å². The minimum absolute atomic E-state index is 0.0388. The fourth-order valence-corrected chi connectivity index (χ4v) is 2.93. The summed E-state index contributed by atoms with van der Waals surface area (Å²) in [6.07, 6.45) is 2.08. The zero-order chi connectivity index (χ0) is 14.7. The third kappa shape index (κ3) is 3.29. The number of carbonyl (C=O) groups excluding carboxylic acids is 1. The number of para-hydroxylation sites is 2. The SMILES string of the molecule is CC(CNC(=O)C1CNc2ccccc2O1)N1CCCC1. The molecule has 3 rings (SSSR count). The largest absolute Gasteiger partial charge is 0.477 e. The molecule has 0 saturated carbocycles. The van der Waals surface area contributed by atoms with Gasteiger partial charge in [-0.25, -0.2) is 0 Å². The summed E-state index contributed by atoms with van der Waals surface area (Å²) in [6.45, 7) is 5.65. The van der Waals surface area contributed by atoms with Crippen LogP contribution in [-0.2, 0) is 4.79 Å². The first kappa shape index (κ1) is 14.2. The van der Waals surface area contributed by atoms with E-state index in [1.807, 2.05) is 24.3 Å². The summed E-state index contributed by atoms with van der Waals surface area (Å²) in [5, 5.41) is 6.25. The first-order valence-electron chi connectivity index (χ1n) is 7.75. The Morgan fingerprint density at radius 1 is 1.43 bits per heavy atom. The van der Waals surface area contributed by atoms with Crippen LogP contribution >= 0.6 is 0 Å². The van der Waals surface area contributed by atoms with Crippen LogP contribution in [0, 0.1) is 0 Å². The lowest BCUT2D eigenvalue weighted by Crippen LogP contribution is -2.48. The monoisotopic (exact) mass is 289 g/mol. The van der Waals surface area contributed by atoms with Crippen molar-refractivity contribution >= 4 is 11.6 Å². The van der Waals surface area contributed by atoms with Crippen LogP contribution in [0.4, 0.5) is 5.69 Å². The van der Waals surface area contributed by atoms with E-state index in [2.05, 4.69) is 22.5 Å². The molecule has 2 aliphatic rings. The molecule has 5 heteroatoms. The van der Waals surface area contributed by atoms with Crippen molar-refractivity contribution in [2.45, 2.75) is 31.9 Å². The highest BCUT2D eigenvalue weighted by Gasteiger charge is 2.26. The Morgan fingerprint density at radius 2 is 2.19 bits per heavy atom. The molecule has 1 aromatic rings. The van der Waals surface area contributed by atoms with Gasteiger partial charge in [0.1, 0.15) is 5.75 Å². The van der Waals surface area contributed by atoms with Crippen LogP contribution in [0.2, 0.25) is 0 Å². The molecular weight excluding hydrogens is 266 g/mol. The third-order valence-corrected chi connectivity index (χ3v) is 4.26. The number of amides is 1. The number of hydrogen-bond donors (Lipinski definition) is 2. The van der Waals surface area contributed by atoms with Crippen LogP contribution in [-0.4, -0.2) is 49.1 Å². The summed E-state index contributed by atoms with van der Waals surface area (Å²) in [6, 6.07) is 8.09. The van der Waals surface area contributed by atoms with Crippen LogP contribution in [0.15, 0.2) is 24.3 Å². The average Bonchev–Trinajstić information content (AvgIpc) is 3.06. The van der Waals surface area contributed by atoms with Crippen molar-refractivity contribution in [2.75, 3.05) is 31.5 Å². The summed E-state index contributed by atoms with van der Waals surface area (Å²) >= 11 is 0. The molecule has 0 spiro atoms. The van der Waals surface area contributed by atoms with E-state index in [1.165, 1.54) is 12.8 Å². The highest BCUT2D eigenvalue weighted by atomic mass is 16.5. The lowest BCUT2D eigenvalue weighted by atomic mass is 10.2. The standard InChI is InChI=1S/C16H23N3O2/c1-12(19-8-4-5-9-19)10-18-16(20)15-11-17-13-6-2-3-7-14(13)21-15/h2-3,6-7,12,15,17H,4-5,8-11H2,1H3,(H,18,20). The maximum Gasteiger partial charge on any atom is 0.263 e. The number of hydrogen-bond acceptors (Lipinski definition) is 4. The van der Waals surface area contributed by atoms with Crippen LogP contribution in [0.25, 0.3) is 0 Å². The smallest absolute Gasteiger partial charge is 0.263 e. The second-order valence-electron chi connectivity index (χ2n) is 5.82. The second kappa shape index (κ2) is 6.35. The zero-order valence-corrected chi connectivity index (χ0v) is 12.5. The Hall–Kier alpha value is -1.75. The van der Waals surface area contributed by atoms with Gasteiger partial charge in [-0.15, -0.1) is 0 Å². The van der Waals surface area contributed by atoms with Gasteiger partial charge >= 0.3 is 0 Å². The Bertz CT molecular complexity index is 500. The summed E-state index contributed by atoms with van der Waals surface area (Å²) in [4.78, 5) is 14.7. The van der Waals surface area contributed by atoms with Crippen molar-refractivity contribution in [3.8, 4) is 5.75 Å². The Kier molecular flexibility index (Phi) is 4.29. The maximum atomic E-state index is 12.2. The van der Waals surface area contributed by atoms with Crippen molar-refractivity contribution < 1.29 is 9.53 Å². The number of likely N-dealkylation sites (tertiary alicyclic amines) is 1. The molecule has 1 fully saturated rings. The zero-order valence-electron chi connectivity index (χ0n) is 12.5. The van der Waals surface area contributed by atoms with E-state index >= 15 is 0 Å². The Balaban J connectivity index is 1.50. The van der Waals surface area contributed by atoms with Gasteiger partial charge in [0, 0.05) is 12.6 Å². The van der Waals surface area contributed by atoms with Gasteiger partial charge in [0.15, 0.2) is 6.10 Å². The molecule has 2 heterocycles. The molecule has 5 nitrogen and oxygen atoms in total. The molecule has 2 aliphatic heterocycles. The first-order chi connectivity index (χ1) is 10.2. The van der Waals surface area contributed by atoms with Crippen LogP contribution in [0.3, 0.4) is 0 Å². The molecule has 1 amide bonds. The van der Waals surface area contributed by atoms with Crippen molar-refractivity contribution in [1.29, 1.82) is 0 Å². The lowest BCUT2D eigenvalue weighted by molar-refractivity contribution is -0.127. The molecule has 1 aromatic carbocycles. The highest BCUT2D eigenvalue weighted by molar-refractivity contribution is 5.83. The fourth-order valence-electron chi connectivity index (χ4n) is 2.93. The average molecular weight is 289 g/mol. The van der Waals surface area contributed by atoms with Crippen molar-refractivity contribution in [2.24, 2.45) is 0 Å². The van der Waals surface area contributed by atoms with Crippen LogP contribution in [0.1, 0.15) is 19.8 Å². The molecule has 1 saturated heterocycles. The van der Waals surface area contributed by atoms with E-state index in [1.54, 1.807) is 0 Å². The molecular formula is C16H23N3O2. The number of anilines is 1. The first-order valence-corrected chi connectivity index (χ1v) is 7.75. The number of ether oxygens (including phenoxy) is 1. The molecule has 21 heavy (non-hydrogen) atoms. The van der Waals surface area contributed by atoms with E-state index in [-0.39, 0.29) is 5.91 Å². The van der Waals surface area contributed by atoms with E-state index in [0.29, 0.717) is 19.1 Å². The summed E-state index contributed by atoms with van der Waals surface area (Å²) < 4.78 is 5.76. The fraction of sp³-hybridized carbons (Fsp3) is 0.562. The molecule has 2 atom stereocenters. The minimum Gasteiger partial charge on any atom is -0.477 e. The van der Waals surface area contributed by atoms with Gasteiger partial charge in [-0.2, -0.15) is 0 Å². The van der Waals surface area contributed by atoms with Crippen molar-refractivity contribution in [1.82, 2.24) is 10.2 Å². The number of benzene rings is 1. The quantitative estimate of drug-likeness (QED) is 0.881. The van der Waals surface area contributed by atoms with Gasteiger partial charge in [0.25, 0.3) is 5.91 Å². The number of carbonyl (C=O) groups is 1. The van der Waals surface area contributed by atoms with E-state index in [4.69, 9.17) is 4.74 Å². The molecule has 0 aliphatic carbocycles. The van der Waals surface area contributed by atoms with Crippen LogP contribution < -0.4 is 15.4 Å². The second-order valence-corrected chi connectivity index (χ2v) is 5.82. The maximum absolute atomic E-state index is 12.2. The predicted octanol–water partition coefficient (Wildman–Crippen LogP) is 1.46. The highest BCUT2D eigenvalue weighted by Crippen LogP contribution is 2.28. The third-order valence-electron chi connectivity index (χ3n) is 4.26. The normalized spacial score (nSPS) is 22.8. The van der Waals surface area contributed by atoms with Gasteiger partial charge in [-0.1, -0.05) is 12.1 Å². The molecule has 2 unspecified atom stereocenters. The van der Waals surface area contributed by atoms with E-state index in [0.717, 1.165) is 24.5 Å². The number of nitrogens with one attached hydrogen (secondary N) is 2. The number of nitrogens with zero attached hydrogens (tertiary/aromatic N) is 1. The molecule has 0 radical (unpaired) electrons. The molecule has 0 aromatic heterocycles. The minimum atomic E-state index is -0.453. The van der Waals surface area contributed by atoms with E-state index in [9.17, 15) is 4.79 Å². The van der Waals surface area contributed by atoms with Gasteiger partial charge in [-0.05, 0) is 45.0 Å². The number of rotatable bonds is 4. The topological polar surface area (TPSA) is 53.6 Å².